The fourth-order valence-corrected chi connectivity index (χ4v) is 2.42. The number of nitrogens with one attached hydrogen (secondary N) is 1. The molecular formula is C15H23BrFN. The van der Waals surface area contributed by atoms with Crippen molar-refractivity contribution >= 4 is 15.9 Å². The summed E-state index contributed by atoms with van der Waals surface area (Å²) >= 11 is 3.39. The molecule has 1 unspecified atom stereocenters. The van der Waals surface area contributed by atoms with Gasteiger partial charge < -0.3 is 5.32 Å². The first-order valence-corrected chi connectivity index (χ1v) is 7.60. The maximum absolute atomic E-state index is 12.9. The SMILES string of the molecule is CCCCCCC(C)NCc1ccc(F)cc1Br. The van der Waals surface area contributed by atoms with Crippen LogP contribution in [-0.4, -0.2) is 6.04 Å². The van der Waals surface area contributed by atoms with Crippen LogP contribution in [0.5, 0.6) is 0 Å². The zero-order valence-electron chi connectivity index (χ0n) is 11.3. The van der Waals surface area contributed by atoms with Crippen molar-refractivity contribution in [3.05, 3.63) is 34.1 Å². The van der Waals surface area contributed by atoms with Gasteiger partial charge in [0, 0.05) is 17.1 Å². The summed E-state index contributed by atoms with van der Waals surface area (Å²) in [5.41, 5.74) is 1.11. The van der Waals surface area contributed by atoms with Crippen LogP contribution in [0.1, 0.15) is 51.5 Å². The van der Waals surface area contributed by atoms with Crippen molar-refractivity contribution < 1.29 is 4.39 Å². The molecular weight excluding hydrogens is 293 g/mol. The Morgan fingerprint density at radius 1 is 1.28 bits per heavy atom. The number of halogens is 2. The molecule has 0 amide bonds. The van der Waals surface area contributed by atoms with E-state index >= 15 is 0 Å². The van der Waals surface area contributed by atoms with Crippen molar-refractivity contribution in [2.24, 2.45) is 0 Å². The van der Waals surface area contributed by atoms with Gasteiger partial charge in [0.05, 0.1) is 0 Å². The van der Waals surface area contributed by atoms with Crippen LogP contribution in [0.3, 0.4) is 0 Å². The van der Waals surface area contributed by atoms with Gasteiger partial charge in [-0.2, -0.15) is 0 Å². The minimum Gasteiger partial charge on any atom is -0.310 e. The Morgan fingerprint density at radius 2 is 2.06 bits per heavy atom. The fourth-order valence-electron chi connectivity index (χ4n) is 1.93. The highest BCUT2D eigenvalue weighted by Crippen LogP contribution is 2.18. The van der Waals surface area contributed by atoms with Crippen LogP contribution < -0.4 is 5.32 Å². The van der Waals surface area contributed by atoms with Crippen LogP contribution in [-0.2, 0) is 6.54 Å². The zero-order chi connectivity index (χ0) is 13.4. The average molecular weight is 316 g/mol. The summed E-state index contributed by atoms with van der Waals surface area (Å²) in [5, 5.41) is 3.48. The Labute approximate surface area is 118 Å². The second kappa shape index (κ2) is 8.65. The molecule has 1 N–H and O–H groups in total. The summed E-state index contributed by atoms with van der Waals surface area (Å²) in [4.78, 5) is 0. The summed E-state index contributed by atoms with van der Waals surface area (Å²) in [7, 11) is 0. The Morgan fingerprint density at radius 3 is 2.72 bits per heavy atom. The lowest BCUT2D eigenvalue weighted by Crippen LogP contribution is -2.25. The lowest BCUT2D eigenvalue weighted by Gasteiger charge is -2.14. The van der Waals surface area contributed by atoms with Gasteiger partial charge in [-0.15, -0.1) is 0 Å². The molecule has 1 atom stereocenters. The molecule has 0 saturated carbocycles. The van der Waals surface area contributed by atoms with Crippen LogP contribution in [0.25, 0.3) is 0 Å². The normalized spacial score (nSPS) is 12.7. The van der Waals surface area contributed by atoms with Gasteiger partial charge in [-0.05, 0) is 31.0 Å². The summed E-state index contributed by atoms with van der Waals surface area (Å²) < 4.78 is 13.8. The zero-order valence-corrected chi connectivity index (χ0v) is 12.9. The topological polar surface area (TPSA) is 12.0 Å². The molecule has 1 rings (SSSR count). The Kier molecular flexibility index (Phi) is 7.52. The van der Waals surface area contributed by atoms with E-state index in [-0.39, 0.29) is 5.82 Å². The maximum Gasteiger partial charge on any atom is 0.124 e. The van der Waals surface area contributed by atoms with E-state index in [9.17, 15) is 4.39 Å². The molecule has 3 heteroatoms. The predicted molar refractivity (Wildman–Crippen MR) is 79.2 cm³/mol. The van der Waals surface area contributed by atoms with E-state index in [0.717, 1.165) is 16.6 Å². The van der Waals surface area contributed by atoms with E-state index < -0.39 is 0 Å². The number of benzene rings is 1. The fraction of sp³-hybridized carbons (Fsp3) is 0.600. The van der Waals surface area contributed by atoms with E-state index in [1.54, 1.807) is 0 Å². The van der Waals surface area contributed by atoms with Crippen molar-refractivity contribution in [2.75, 3.05) is 0 Å². The van der Waals surface area contributed by atoms with Crippen LogP contribution in [0, 0.1) is 5.82 Å². The molecule has 0 heterocycles. The van der Waals surface area contributed by atoms with Crippen molar-refractivity contribution in [3.8, 4) is 0 Å². The third-order valence-electron chi connectivity index (χ3n) is 3.15. The molecule has 0 aliphatic heterocycles. The molecule has 1 aromatic carbocycles. The predicted octanol–water partition coefficient (Wildman–Crippen LogP) is 5.04. The van der Waals surface area contributed by atoms with E-state index in [0.29, 0.717) is 6.04 Å². The van der Waals surface area contributed by atoms with E-state index in [1.807, 2.05) is 6.07 Å². The van der Waals surface area contributed by atoms with Crippen LogP contribution >= 0.6 is 15.9 Å². The molecule has 0 bridgehead atoms. The van der Waals surface area contributed by atoms with E-state index in [4.69, 9.17) is 0 Å². The lowest BCUT2D eigenvalue weighted by atomic mass is 10.1. The highest BCUT2D eigenvalue weighted by Gasteiger charge is 2.04. The Bertz CT molecular complexity index is 354. The second-order valence-corrected chi connectivity index (χ2v) is 5.72. The molecule has 0 saturated heterocycles. The van der Waals surface area contributed by atoms with Gasteiger partial charge in [-0.1, -0.05) is 54.6 Å². The Balaban J connectivity index is 2.27. The standard InChI is InChI=1S/C15H23BrFN/c1-3-4-5-6-7-12(2)18-11-13-8-9-14(17)10-15(13)16/h8-10,12,18H,3-7,11H2,1-2H3. The molecule has 0 spiro atoms. The van der Waals surface area contributed by atoms with Gasteiger partial charge >= 0.3 is 0 Å². The number of hydrogen-bond acceptors (Lipinski definition) is 1. The molecule has 0 aliphatic carbocycles. The van der Waals surface area contributed by atoms with Gasteiger partial charge in [0.1, 0.15) is 5.82 Å². The first-order chi connectivity index (χ1) is 8.63. The highest BCUT2D eigenvalue weighted by molar-refractivity contribution is 9.10. The average Bonchev–Trinajstić information content (AvgIpc) is 2.33. The molecule has 102 valence electrons. The molecule has 0 radical (unpaired) electrons. The maximum atomic E-state index is 12.9. The number of hydrogen-bond donors (Lipinski definition) is 1. The van der Waals surface area contributed by atoms with Crippen LogP contribution in [0.15, 0.2) is 22.7 Å². The van der Waals surface area contributed by atoms with Crippen molar-refractivity contribution in [1.82, 2.24) is 5.32 Å². The second-order valence-electron chi connectivity index (χ2n) is 4.87. The monoisotopic (exact) mass is 315 g/mol. The van der Waals surface area contributed by atoms with Crippen LogP contribution in [0.4, 0.5) is 4.39 Å². The van der Waals surface area contributed by atoms with Crippen molar-refractivity contribution in [3.63, 3.8) is 0 Å². The summed E-state index contributed by atoms with van der Waals surface area (Å²) in [6, 6.07) is 5.37. The molecule has 0 aromatic heterocycles. The first kappa shape index (κ1) is 15.6. The highest BCUT2D eigenvalue weighted by atomic mass is 79.9. The van der Waals surface area contributed by atoms with Gasteiger partial charge in [0.25, 0.3) is 0 Å². The summed E-state index contributed by atoms with van der Waals surface area (Å²) in [5.74, 6) is -0.196. The van der Waals surface area contributed by atoms with Crippen LogP contribution in [0.2, 0.25) is 0 Å². The van der Waals surface area contributed by atoms with Gasteiger partial charge in [-0.3, -0.25) is 0 Å². The lowest BCUT2D eigenvalue weighted by molar-refractivity contribution is 0.482. The smallest absolute Gasteiger partial charge is 0.124 e. The molecule has 1 nitrogen and oxygen atoms in total. The molecule has 1 aromatic rings. The number of unbranched alkanes of at least 4 members (excludes halogenated alkanes) is 3. The minimum atomic E-state index is -0.196. The van der Waals surface area contributed by atoms with Gasteiger partial charge in [0.2, 0.25) is 0 Å². The van der Waals surface area contributed by atoms with Crippen molar-refractivity contribution in [2.45, 2.75) is 58.5 Å². The summed E-state index contributed by atoms with van der Waals surface area (Å²) in [6.07, 6.45) is 6.43. The third kappa shape index (κ3) is 5.96. The molecule has 0 aliphatic rings. The largest absolute Gasteiger partial charge is 0.310 e. The van der Waals surface area contributed by atoms with Crippen molar-refractivity contribution in [1.29, 1.82) is 0 Å². The summed E-state index contributed by atoms with van der Waals surface area (Å²) in [6.45, 7) is 5.23. The van der Waals surface area contributed by atoms with Gasteiger partial charge in [0.15, 0.2) is 0 Å². The molecule has 18 heavy (non-hydrogen) atoms. The van der Waals surface area contributed by atoms with E-state index in [1.165, 1.54) is 44.2 Å². The Hall–Kier alpha value is -0.410. The quantitative estimate of drug-likeness (QED) is 0.663. The number of rotatable bonds is 8. The van der Waals surface area contributed by atoms with E-state index in [2.05, 4.69) is 35.1 Å². The molecule has 0 fully saturated rings. The third-order valence-corrected chi connectivity index (χ3v) is 3.88. The van der Waals surface area contributed by atoms with Gasteiger partial charge in [-0.25, -0.2) is 4.39 Å². The minimum absolute atomic E-state index is 0.196. The first-order valence-electron chi connectivity index (χ1n) is 6.80.